The van der Waals surface area contributed by atoms with Gasteiger partial charge in [0.15, 0.2) is 0 Å². The third-order valence-corrected chi connectivity index (χ3v) is 3.52. The van der Waals surface area contributed by atoms with Crippen LogP contribution in [0.25, 0.3) is 5.78 Å². The predicted molar refractivity (Wildman–Crippen MR) is 72.6 cm³/mol. The highest BCUT2D eigenvalue weighted by Gasteiger charge is 2.36. The number of aryl methyl sites for hydroxylation is 1. The van der Waals surface area contributed by atoms with E-state index in [1.165, 1.54) is 0 Å². The smallest absolute Gasteiger partial charge is 0.381 e. The zero-order valence-electron chi connectivity index (χ0n) is 12.0. The Balaban J connectivity index is 1.85. The minimum Gasteiger partial charge on any atom is -0.381 e. The minimum absolute atomic E-state index is 0.0604. The largest absolute Gasteiger partial charge is 0.453 e. The maximum Gasteiger partial charge on any atom is 0.453 e. The molecule has 1 N–H and O–H groups in total. The summed E-state index contributed by atoms with van der Waals surface area (Å²) in [6.45, 7) is 3.75. The SMILES string of the molecule is Cc1cc(NCC2CCCOC2)n2nc(C(F)(F)F)nc2n1. The van der Waals surface area contributed by atoms with Crippen LogP contribution in [0.3, 0.4) is 0 Å². The molecule has 0 aliphatic carbocycles. The van der Waals surface area contributed by atoms with Crippen LogP contribution in [0.4, 0.5) is 19.0 Å². The molecule has 22 heavy (non-hydrogen) atoms. The standard InChI is InChI=1S/C13H16F3N5O/c1-8-5-10(17-6-9-3-2-4-22-7-9)21-12(18-8)19-11(20-21)13(14,15)16/h5,9,17H,2-4,6-7H2,1H3. The van der Waals surface area contributed by atoms with Crippen LogP contribution in [-0.2, 0) is 10.9 Å². The molecule has 1 unspecified atom stereocenters. The van der Waals surface area contributed by atoms with Crippen molar-refractivity contribution in [3.05, 3.63) is 17.6 Å². The lowest BCUT2D eigenvalue weighted by atomic mass is 10.0. The second-order valence-corrected chi connectivity index (χ2v) is 5.39. The Morgan fingerprint density at radius 2 is 2.23 bits per heavy atom. The molecule has 0 radical (unpaired) electrons. The Morgan fingerprint density at radius 1 is 1.41 bits per heavy atom. The fourth-order valence-corrected chi connectivity index (χ4v) is 2.45. The van der Waals surface area contributed by atoms with E-state index < -0.39 is 12.0 Å². The van der Waals surface area contributed by atoms with E-state index in [0.29, 0.717) is 30.6 Å². The van der Waals surface area contributed by atoms with E-state index in [-0.39, 0.29) is 5.78 Å². The quantitative estimate of drug-likeness (QED) is 0.941. The van der Waals surface area contributed by atoms with Gasteiger partial charge in [-0.1, -0.05) is 0 Å². The first kappa shape index (κ1) is 15.0. The molecular weight excluding hydrogens is 299 g/mol. The van der Waals surface area contributed by atoms with Gasteiger partial charge in [0, 0.05) is 24.9 Å². The van der Waals surface area contributed by atoms with Gasteiger partial charge in [0.2, 0.25) is 0 Å². The Kier molecular flexibility index (Phi) is 3.90. The maximum atomic E-state index is 12.7. The normalized spacial score (nSPS) is 19.5. The summed E-state index contributed by atoms with van der Waals surface area (Å²) < 4.78 is 44.7. The topological polar surface area (TPSA) is 64.3 Å². The number of rotatable bonds is 3. The average molecular weight is 315 g/mol. The van der Waals surface area contributed by atoms with Gasteiger partial charge in [-0.2, -0.15) is 22.7 Å². The Morgan fingerprint density at radius 3 is 2.91 bits per heavy atom. The Bertz CT molecular complexity index is 663. The van der Waals surface area contributed by atoms with Gasteiger partial charge in [-0.25, -0.2) is 4.98 Å². The van der Waals surface area contributed by atoms with Gasteiger partial charge in [0.25, 0.3) is 11.6 Å². The fraction of sp³-hybridized carbons (Fsp3) is 0.615. The van der Waals surface area contributed by atoms with Crippen LogP contribution in [-0.4, -0.2) is 39.3 Å². The van der Waals surface area contributed by atoms with Crippen molar-refractivity contribution < 1.29 is 17.9 Å². The molecule has 0 saturated carbocycles. The van der Waals surface area contributed by atoms with E-state index in [9.17, 15) is 13.2 Å². The van der Waals surface area contributed by atoms with Gasteiger partial charge in [0.1, 0.15) is 5.82 Å². The zero-order chi connectivity index (χ0) is 15.7. The summed E-state index contributed by atoms with van der Waals surface area (Å²) in [7, 11) is 0. The second kappa shape index (κ2) is 5.71. The fourth-order valence-electron chi connectivity index (χ4n) is 2.45. The van der Waals surface area contributed by atoms with Gasteiger partial charge >= 0.3 is 6.18 Å². The Labute approximate surface area is 124 Å². The minimum atomic E-state index is -4.59. The van der Waals surface area contributed by atoms with E-state index in [4.69, 9.17) is 4.74 Å². The molecule has 3 heterocycles. The Hall–Kier alpha value is -1.90. The first-order valence-electron chi connectivity index (χ1n) is 7.07. The highest BCUT2D eigenvalue weighted by atomic mass is 19.4. The van der Waals surface area contributed by atoms with Gasteiger partial charge in [-0.3, -0.25) is 0 Å². The predicted octanol–water partition coefficient (Wildman–Crippen LogP) is 2.29. The zero-order valence-corrected chi connectivity index (χ0v) is 12.0. The van der Waals surface area contributed by atoms with Gasteiger partial charge in [0.05, 0.1) is 6.61 Å². The number of fused-ring (bicyclic) bond motifs is 1. The van der Waals surface area contributed by atoms with Gasteiger partial charge < -0.3 is 10.1 Å². The molecule has 2 aromatic rings. The van der Waals surface area contributed by atoms with Crippen molar-refractivity contribution in [1.82, 2.24) is 19.6 Å². The molecule has 9 heteroatoms. The molecule has 1 saturated heterocycles. The number of ether oxygens (including phenoxy) is 1. The number of hydrogen-bond donors (Lipinski definition) is 1. The van der Waals surface area contributed by atoms with E-state index in [1.807, 2.05) is 0 Å². The number of aromatic nitrogens is 4. The van der Waals surface area contributed by atoms with Gasteiger partial charge in [-0.05, 0) is 25.7 Å². The van der Waals surface area contributed by atoms with Crippen LogP contribution < -0.4 is 5.32 Å². The van der Waals surface area contributed by atoms with E-state index in [0.717, 1.165) is 24.0 Å². The maximum absolute atomic E-state index is 12.7. The number of hydrogen-bond acceptors (Lipinski definition) is 5. The molecule has 0 amide bonds. The lowest BCUT2D eigenvalue weighted by Crippen LogP contribution is -2.25. The summed E-state index contributed by atoms with van der Waals surface area (Å²) in [4.78, 5) is 7.44. The van der Waals surface area contributed by atoms with Gasteiger partial charge in [-0.15, -0.1) is 5.10 Å². The molecule has 2 aromatic heterocycles. The summed E-state index contributed by atoms with van der Waals surface area (Å²) >= 11 is 0. The summed E-state index contributed by atoms with van der Waals surface area (Å²) in [5.41, 5.74) is 0.580. The lowest BCUT2D eigenvalue weighted by Gasteiger charge is -2.22. The van der Waals surface area contributed by atoms with Crippen LogP contribution >= 0.6 is 0 Å². The molecule has 1 aliphatic rings. The molecule has 3 rings (SSSR count). The van der Waals surface area contributed by atoms with Crippen molar-refractivity contribution >= 4 is 11.6 Å². The van der Waals surface area contributed by atoms with Crippen molar-refractivity contribution in [3.63, 3.8) is 0 Å². The van der Waals surface area contributed by atoms with E-state index in [1.54, 1.807) is 13.0 Å². The van der Waals surface area contributed by atoms with Crippen molar-refractivity contribution in [2.45, 2.75) is 25.9 Å². The summed E-state index contributed by atoms with van der Waals surface area (Å²) in [6.07, 6.45) is -2.56. The molecule has 120 valence electrons. The number of nitrogens with one attached hydrogen (secondary N) is 1. The van der Waals surface area contributed by atoms with E-state index >= 15 is 0 Å². The molecule has 1 atom stereocenters. The molecule has 0 spiro atoms. The number of alkyl halides is 3. The summed E-state index contributed by atoms with van der Waals surface area (Å²) in [5, 5.41) is 6.65. The van der Waals surface area contributed by atoms with Crippen molar-refractivity contribution in [3.8, 4) is 0 Å². The monoisotopic (exact) mass is 315 g/mol. The summed E-state index contributed by atoms with van der Waals surface area (Å²) in [5.74, 6) is -0.455. The molecule has 1 fully saturated rings. The average Bonchev–Trinajstić information content (AvgIpc) is 2.90. The molecule has 1 aliphatic heterocycles. The van der Waals surface area contributed by atoms with Crippen molar-refractivity contribution in [1.29, 1.82) is 0 Å². The van der Waals surface area contributed by atoms with Crippen molar-refractivity contribution in [2.24, 2.45) is 5.92 Å². The number of halogens is 3. The van der Waals surface area contributed by atoms with Crippen LogP contribution in [0.15, 0.2) is 6.07 Å². The van der Waals surface area contributed by atoms with E-state index in [2.05, 4.69) is 20.4 Å². The number of nitrogens with zero attached hydrogens (tertiary/aromatic N) is 4. The second-order valence-electron chi connectivity index (χ2n) is 5.39. The highest BCUT2D eigenvalue weighted by molar-refractivity contribution is 5.45. The van der Waals surface area contributed by atoms with Crippen LogP contribution in [0.1, 0.15) is 24.4 Å². The third kappa shape index (κ3) is 3.13. The van der Waals surface area contributed by atoms with Crippen LogP contribution in [0.5, 0.6) is 0 Å². The lowest BCUT2D eigenvalue weighted by molar-refractivity contribution is -0.144. The van der Waals surface area contributed by atoms with Crippen LogP contribution in [0, 0.1) is 12.8 Å². The van der Waals surface area contributed by atoms with Crippen LogP contribution in [0.2, 0.25) is 0 Å². The first-order valence-corrected chi connectivity index (χ1v) is 7.07. The first-order chi connectivity index (χ1) is 10.4. The molecule has 6 nitrogen and oxygen atoms in total. The third-order valence-electron chi connectivity index (χ3n) is 3.52. The number of anilines is 1. The highest BCUT2D eigenvalue weighted by Crippen LogP contribution is 2.27. The molecule has 0 bridgehead atoms. The summed E-state index contributed by atoms with van der Waals surface area (Å²) in [6, 6.07) is 1.66. The molecular formula is C13H16F3N5O. The molecule has 0 aromatic carbocycles. The van der Waals surface area contributed by atoms with Crippen molar-refractivity contribution in [2.75, 3.05) is 25.1 Å².